The Morgan fingerprint density at radius 2 is 2.06 bits per heavy atom. The highest BCUT2D eigenvalue weighted by molar-refractivity contribution is 5.92. The molecular weight excluding hydrogens is 224 g/mol. The highest BCUT2D eigenvalue weighted by Gasteiger charge is 2.59. The maximum atomic E-state index is 12.5. The van der Waals surface area contributed by atoms with E-state index in [1.807, 2.05) is 0 Å². The van der Waals surface area contributed by atoms with E-state index in [0.717, 1.165) is 25.7 Å². The van der Waals surface area contributed by atoms with Gasteiger partial charge in [-0.1, -0.05) is 33.6 Å². The minimum atomic E-state index is -0.153. The van der Waals surface area contributed by atoms with Crippen LogP contribution in [-0.4, -0.2) is 28.6 Å². The molecule has 1 heterocycles. The lowest BCUT2D eigenvalue weighted by molar-refractivity contribution is -0.133. The van der Waals surface area contributed by atoms with Gasteiger partial charge in [0.25, 0.3) is 0 Å². The number of unbranched alkanes of at least 4 members (excludes halogenated alkanes) is 1. The number of rotatable bonds is 6. The molecule has 1 saturated carbocycles. The van der Waals surface area contributed by atoms with Gasteiger partial charge in [0.05, 0.1) is 11.7 Å². The Balaban J connectivity index is 2.05. The largest absolute Gasteiger partial charge is 0.323 e. The van der Waals surface area contributed by atoms with Crippen LogP contribution < -0.4 is 5.32 Å². The number of amides is 1. The van der Waals surface area contributed by atoms with Crippen LogP contribution in [-0.2, 0) is 4.79 Å². The van der Waals surface area contributed by atoms with Crippen LogP contribution in [0.4, 0.5) is 0 Å². The number of nitrogens with zero attached hydrogens (tertiary/aromatic N) is 1. The van der Waals surface area contributed by atoms with Gasteiger partial charge in [0.2, 0.25) is 5.91 Å². The Labute approximate surface area is 111 Å². The van der Waals surface area contributed by atoms with Crippen LogP contribution >= 0.6 is 0 Å². The highest BCUT2D eigenvalue weighted by atomic mass is 16.2. The first-order valence-corrected chi connectivity index (χ1v) is 7.60. The zero-order chi connectivity index (χ0) is 13.3. The van der Waals surface area contributed by atoms with E-state index >= 15 is 0 Å². The summed E-state index contributed by atoms with van der Waals surface area (Å²) in [6, 6.07) is 0.383. The predicted octanol–water partition coefficient (Wildman–Crippen LogP) is 2.90. The van der Waals surface area contributed by atoms with Crippen LogP contribution in [0.3, 0.4) is 0 Å². The molecule has 104 valence electrons. The van der Waals surface area contributed by atoms with E-state index in [-0.39, 0.29) is 11.7 Å². The quantitative estimate of drug-likeness (QED) is 0.788. The average Bonchev–Trinajstić information content (AvgIpc) is 3.00. The molecule has 0 bridgehead atoms. The molecule has 18 heavy (non-hydrogen) atoms. The summed E-state index contributed by atoms with van der Waals surface area (Å²) in [5.74, 6) is 1.00. The molecule has 1 saturated heterocycles. The van der Waals surface area contributed by atoms with Gasteiger partial charge in [-0.05, 0) is 38.5 Å². The van der Waals surface area contributed by atoms with Gasteiger partial charge < -0.3 is 4.90 Å². The summed E-state index contributed by atoms with van der Waals surface area (Å²) in [6.07, 6.45) is 6.98. The Hall–Kier alpha value is -0.570. The molecule has 2 fully saturated rings. The molecule has 0 aromatic heterocycles. The van der Waals surface area contributed by atoms with Crippen molar-refractivity contribution in [3.8, 4) is 0 Å². The molecule has 1 aliphatic carbocycles. The number of carbonyl (C=O) groups is 1. The van der Waals surface area contributed by atoms with Crippen molar-refractivity contribution in [1.29, 1.82) is 0 Å². The Morgan fingerprint density at radius 1 is 1.39 bits per heavy atom. The SMILES string of the molecule is CCCCC(C)N1C(=O)C2(CC2)NC1CC(C)C. The van der Waals surface area contributed by atoms with Crippen molar-refractivity contribution in [2.24, 2.45) is 5.92 Å². The van der Waals surface area contributed by atoms with Gasteiger partial charge in [-0.15, -0.1) is 0 Å². The average molecular weight is 252 g/mol. The fraction of sp³-hybridized carbons (Fsp3) is 0.933. The van der Waals surface area contributed by atoms with Gasteiger partial charge in [-0.2, -0.15) is 0 Å². The monoisotopic (exact) mass is 252 g/mol. The summed E-state index contributed by atoms with van der Waals surface area (Å²) in [7, 11) is 0. The Kier molecular flexibility index (Phi) is 4.00. The third-order valence-electron chi connectivity index (χ3n) is 4.32. The number of carbonyl (C=O) groups excluding carboxylic acids is 1. The molecule has 0 aromatic rings. The Bertz CT molecular complexity index is 310. The fourth-order valence-corrected chi connectivity index (χ4v) is 3.09. The minimum absolute atomic E-state index is 0.153. The summed E-state index contributed by atoms with van der Waals surface area (Å²) in [5, 5.41) is 3.61. The van der Waals surface area contributed by atoms with Crippen molar-refractivity contribution < 1.29 is 4.79 Å². The maximum Gasteiger partial charge on any atom is 0.244 e. The van der Waals surface area contributed by atoms with Gasteiger partial charge in [-0.3, -0.25) is 10.1 Å². The summed E-state index contributed by atoms with van der Waals surface area (Å²) in [6.45, 7) is 8.90. The van der Waals surface area contributed by atoms with E-state index in [0.29, 0.717) is 17.9 Å². The summed E-state index contributed by atoms with van der Waals surface area (Å²) in [4.78, 5) is 14.7. The number of nitrogens with one attached hydrogen (secondary N) is 1. The van der Waals surface area contributed by atoms with Crippen molar-refractivity contribution in [3.63, 3.8) is 0 Å². The van der Waals surface area contributed by atoms with E-state index < -0.39 is 0 Å². The van der Waals surface area contributed by atoms with Crippen molar-refractivity contribution in [2.45, 2.75) is 84.0 Å². The second-order valence-electron chi connectivity index (χ2n) is 6.58. The summed E-state index contributed by atoms with van der Waals surface area (Å²) in [5.41, 5.74) is -0.153. The molecule has 2 rings (SSSR count). The lowest BCUT2D eigenvalue weighted by Gasteiger charge is -2.31. The Morgan fingerprint density at radius 3 is 2.56 bits per heavy atom. The van der Waals surface area contributed by atoms with Gasteiger partial charge >= 0.3 is 0 Å². The molecule has 1 aliphatic heterocycles. The fourth-order valence-electron chi connectivity index (χ4n) is 3.09. The standard InChI is InChI=1S/C15H28N2O/c1-5-6-7-12(4)17-13(10-11(2)3)16-15(8-9-15)14(17)18/h11-13,16H,5-10H2,1-4H3. The van der Waals surface area contributed by atoms with Crippen molar-refractivity contribution >= 4 is 5.91 Å². The van der Waals surface area contributed by atoms with Crippen molar-refractivity contribution in [3.05, 3.63) is 0 Å². The molecular formula is C15H28N2O. The first-order chi connectivity index (χ1) is 8.50. The molecule has 1 N–H and O–H groups in total. The lowest BCUT2D eigenvalue weighted by atomic mass is 10.1. The molecule has 3 nitrogen and oxygen atoms in total. The zero-order valence-corrected chi connectivity index (χ0v) is 12.3. The molecule has 2 unspecified atom stereocenters. The molecule has 0 radical (unpaired) electrons. The first-order valence-electron chi connectivity index (χ1n) is 7.60. The van der Waals surface area contributed by atoms with Crippen LogP contribution in [0, 0.1) is 5.92 Å². The predicted molar refractivity (Wildman–Crippen MR) is 74.2 cm³/mol. The van der Waals surface area contributed by atoms with Gasteiger partial charge in [0, 0.05) is 6.04 Å². The maximum absolute atomic E-state index is 12.5. The van der Waals surface area contributed by atoms with Crippen molar-refractivity contribution in [1.82, 2.24) is 10.2 Å². The van der Waals surface area contributed by atoms with Crippen molar-refractivity contribution in [2.75, 3.05) is 0 Å². The smallest absolute Gasteiger partial charge is 0.244 e. The lowest BCUT2D eigenvalue weighted by Crippen LogP contribution is -2.44. The zero-order valence-electron chi connectivity index (χ0n) is 12.3. The molecule has 3 heteroatoms. The number of hydrogen-bond donors (Lipinski definition) is 1. The minimum Gasteiger partial charge on any atom is -0.323 e. The third kappa shape index (κ3) is 2.56. The van der Waals surface area contributed by atoms with E-state index in [4.69, 9.17) is 0 Å². The second kappa shape index (κ2) is 5.20. The molecule has 1 spiro atoms. The second-order valence-corrected chi connectivity index (χ2v) is 6.58. The van der Waals surface area contributed by atoms with E-state index in [2.05, 4.69) is 37.9 Å². The van der Waals surface area contributed by atoms with Crippen LogP contribution in [0.1, 0.15) is 66.2 Å². The first kappa shape index (κ1) is 13.9. The summed E-state index contributed by atoms with van der Waals surface area (Å²) < 4.78 is 0. The molecule has 2 aliphatic rings. The van der Waals surface area contributed by atoms with E-state index in [1.165, 1.54) is 12.8 Å². The summed E-state index contributed by atoms with van der Waals surface area (Å²) >= 11 is 0. The van der Waals surface area contributed by atoms with Crippen LogP contribution in [0.15, 0.2) is 0 Å². The molecule has 0 aromatic carbocycles. The topological polar surface area (TPSA) is 32.3 Å². The number of hydrogen-bond acceptors (Lipinski definition) is 2. The van der Waals surface area contributed by atoms with E-state index in [1.54, 1.807) is 0 Å². The van der Waals surface area contributed by atoms with Gasteiger partial charge in [0.1, 0.15) is 0 Å². The van der Waals surface area contributed by atoms with Crippen LogP contribution in [0.5, 0.6) is 0 Å². The highest BCUT2D eigenvalue weighted by Crippen LogP contribution is 2.44. The van der Waals surface area contributed by atoms with Gasteiger partial charge in [-0.25, -0.2) is 0 Å². The van der Waals surface area contributed by atoms with E-state index in [9.17, 15) is 4.79 Å². The molecule has 1 amide bonds. The van der Waals surface area contributed by atoms with Gasteiger partial charge in [0.15, 0.2) is 0 Å². The molecule has 2 atom stereocenters. The van der Waals surface area contributed by atoms with Crippen LogP contribution in [0.2, 0.25) is 0 Å². The van der Waals surface area contributed by atoms with Crippen LogP contribution in [0.25, 0.3) is 0 Å². The normalized spacial score (nSPS) is 27.3. The third-order valence-corrected chi connectivity index (χ3v) is 4.32.